The molecule has 2 N–H and O–H groups in total. The quantitative estimate of drug-likeness (QED) is 0.102. The summed E-state index contributed by atoms with van der Waals surface area (Å²) in [6, 6.07) is 4.00. The van der Waals surface area contributed by atoms with Crippen LogP contribution in [0.2, 0.25) is 0 Å². The van der Waals surface area contributed by atoms with Crippen LogP contribution in [0.3, 0.4) is 0 Å². The molecule has 1 rings (SSSR count). The van der Waals surface area contributed by atoms with Crippen molar-refractivity contribution in [3.63, 3.8) is 0 Å². The summed E-state index contributed by atoms with van der Waals surface area (Å²) in [6.45, 7) is 8.77. The van der Waals surface area contributed by atoms with Crippen molar-refractivity contribution in [1.82, 2.24) is 0 Å². The molecular weight excluding hydrogens is 475 g/mol. The second-order valence-electron chi connectivity index (χ2n) is 11.5. The average Bonchev–Trinajstić information content (AvgIpc) is 2.86. The number of benzene rings is 1. The topological polar surface area (TPSA) is 57.5 Å². The molecule has 0 aliphatic rings. The van der Waals surface area contributed by atoms with Gasteiger partial charge in [-0.2, -0.15) is 0 Å². The maximum atomic E-state index is 11.6. The minimum atomic E-state index is -1.59. The van der Waals surface area contributed by atoms with E-state index >= 15 is 0 Å². The van der Waals surface area contributed by atoms with Crippen LogP contribution in [0.25, 0.3) is 0 Å². The van der Waals surface area contributed by atoms with Crippen molar-refractivity contribution in [2.45, 2.75) is 150 Å². The lowest BCUT2D eigenvalue weighted by atomic mass is 10.1. The highest BCUT2D eigenvalue weighted by molar-refractivity contribution is 7.83. The van der Waals surface area contributed by atoms with Crippen LogP contribution >= 0.6 is 7.26 Å². The largest absolute Gasteiger partial charge is 0.504 e. The number of hydrogen-bond donors (Lipinski definition) is 2. The highest BCUT2D eigenvalue weighted by Crippen LogP contribution is 2.61. The van der Waals surface area contributed by atoms with Crippen LogP contribution in [0.1, 0.15) is 147 Å². The number of phenolic OH excluding ortho intramolecular Hbond substituents is 1. The molecule has 0 bridgehead atoms. The number of unbranched alkanes of at least 4 members (excludes halogenated alkanes) is 15. The van der Waals surface area contributed by atoms with Gasteiger partial charge in [-0.25, -0.2) is 0 Å². The third kappa shape index (κ3) is 14.0. The number of aryl methyl sites for hydroxylation is 1. The number of aromatic hydroxyl groups is 1. The smallest absolute Gasteiger partial charge is 0.307 e. The molecule has 0 amide bonds. The van der Waals surface area contributed by atoms with E-state index in [1.807, 2.05) is 13.0 Å². The molecule has 0 unspecified atom stereocenters. The zero-order valence-corrected chi connectivity index (χ0v) is 25.9. The van der Waals surface area contributed by atoms with Crippen LogP contribution < -0.4 is 5.30 Å². The van der Waals surface area contributed by atoms with Crippen molar-refractivity contribution in [3.05, 3.63) is 23.3 Å². The van der Waals surface area contributed by atoms with Crippen LogP contribution in [0.5, 0.6) is 5.75 Å². The maximum Gasteiger partial charge on any atom is 0.307 e. The highest BCUT2D eigenvalue weighted by atomic mass is 31.2. The molecule has 3 nitrogen and oxygen atoms in total. The predicted molar refractivity (Wildman–Crippen MR) is 165 cm³/mol. The molecule has 4 heteroatoms. The Morgan fingerprint density at radius 2 is 1.03 bits per heavy atom. The van der Waals surface area contributed by atoms with Crippen molar-refractivity contribution in [2.24, 2.45) is 0 Å². The van der Waals surface area contributed by atoms with Gasteiger partial charge in [-0.15, -0.1) is 0 Å². The van der Waals surface area contributed by atoms with Crippen LogP contribution in [0, 0.1) is 6.92 Å². The van der Waals surface area contributed by atoms with Crippen LogP contribution in [0.15, 0.2) is 12.1 Å². The van der Waals surface area contributed by atoms with Gasteiger partial charge in [-0.1, -0.05) is 104 Å². The second-order valence-corrected chi connectivity index (χ2v) is 15.6. The van der Waals surface area contributed by atoms with Crippen molar-refractivity contribution in [2.75, 3.05) is 18.5 Å². The van der Waals surface area contributed by atoms with Crippen molar-refractivity contribution >= 4 is 18.5 Å². The predicted octanol–water partition coefficient (Wildman–Crippen LogP) is 10.1. The first-order chi connectivity index (χ1) is 17.9. The Kier molecular flexibility index (Phi) is 19.1. The molecule has 37 heavy (non-hydrogen) atoms. The van der Waals surface area contributed by atoms with Crippen molar-refractivity contribution in [3.8, 4) is 5.75 Å². The number of carboxylic acids is 1. The number of carboxylic acid groups (broad SMARTS) is 1. The van der Waals surface area contributed by atoms with Crippen LogP contribution in [-0.4, -0.2) is 34.7 Å². The summed E-state index contributed by atoms with van der Waals surface area (Å²) in [5.74, 6) is -0.326. The van der Waals surface area contributed by atoms with Crippen LogP contribution in [0.4, 0.5) is 0 Å². The fraction of sp³-hybridized carbons (Fsp3) is 0.788. The van der Waals surface area contributed by atoms with Gasteiger partial charge in [0, 0.05) is 0 Å². The summed E-state index contributed by atoms with van der Waals surface area (Å²) in [7, 11) is -1.59. The monoisotopic (exact) mass is 535 g/mol. The number of hydrogen-bond acceptors (Lipinski definition) is 2. The zero-order chi connectivity index (χ0) is 27.4. The average molecular weight is 536 g/mol. The highest BCUT2D eigenvalue weighted by Gasteiger charge is 2.41. The zero-order valence-electron chi connectivity index (χ0n) is 25.0. The molecular formula is C33H60O3P+. The molecule has 0 fully saturated rings. The molecule has 0 atom stereocenters. The molecule has 1 aromatic carbocycles. The van der Waals surface area contributed by atoms with E-state index in [-0.39, 0.29) is 6.42 Å². The summed E-state index contributed by atoms with van der Waals surface area (Å²) in [5, 5.41) is 22.0. The second kappa shape index (κ2) is 20.8. The Morgan fingerprint density at radius 1 is 0.649 bits per heavy atom. The lowest BCUT2D eigenvalue weighted by Gasteiger charge is -2.30. The number of phenols is 1. The van der Waals surface area contributed by atoms with E-state index in [9.17, 15) is 15.0 Å². The molecule has 0 radical (unpaired) electrons. The first kappa shape index (κ1) is 33.9. The fourth-order valence-electron chi connectivity index (χ4n) is 5.75. The minimum absolute atomic E-state index is 0.0408. The first-order valence-electron chi connectivity index (χ1n) is 15.8. The van der Waals surface area contributed by atoms with Crippen molar-refractivity contribution < 1.29 is 15.0 Å². The van der Waals surface area contributed by atoms with Gasteiger partial charge < -0.3 is 10.2 Å². The van der Waals surface area contributed by atoms with E-state index in [0.717, 1.165) is 16.4 Å². The van der Waals surface area contributed by atoms with Gasteiger partial charge in [0.2, 0.25) is 0 Å². The van der Waals surface area contributed by atoms with E-state index < -0.39 is 13.2 Å². The van der Waals surface area contributed by atoms with Gasteiger partial charge in [0.25, 0.3) is 0 Å². The summed E-state index contributed by atoms with van der Waals surface area (Å²) in [6.07, 6.45) is 27.0. The lowest BCUT2D eigenvalue weighted by Crippen LogP contribution is -2.23. The minimum Gasteiger partial charge on any atom is -0.504 e. The molecule has 0 heterocycles. The normalized spacial score (nSPS) is 11.8. The Bertz CT molecular complexity index is 690. The van der Waals surface area contributed by atoms with Gasteiger partial charge in [0.15, 0.2) is 5.75 Å². The molecule has 0 aliphatic heterocycles. The fourth-order valence-corrected chi connectivity index (χ4v) is 10.7. The molecule has 0 spiro atoms. The Labute approximate surface area is 230 Å². The third-order valence-electron chi connectivity index (χ3n) is 8.03. The lowest BCUT2D eigenvalue weighted by molar-refractivity contribution is -0.136. The summed E-state index contributed by atoms with van der Waals surface area (Å²) in [5.41, 5.74) is 1.71. The van der Waals surface area contributed by atoms with E-state index in [1.54, 1.807) is 0 Å². The first-order valence-corrected chi connectivity index (χ1v) is 18.2. The maximum absolute atomic E-state index is 11.6. The summed E-state index contributed by atoms with van der Waals surface area (Å²) in [4.78, 5) is 11.6. The molecule has 0 saturated heterocycles. The Morgan fingerprint density at radius 3 is 1.41 bits per heavy atom. The van der Waals surface area contributed by atoms with Crippen molar-refractivity contribution in [1.29, 1.82) is 0 Å². The van der Waals surface area contributed by atoms with E-state index in [2.05, 4.69) is 26.8 Å². The van der Waals surface area contributed by atoms with E-state index in [4.69, 9.17) is 0 Å². The summed E-state index contributed by atoms with van der Waals surface area (Å²) >= 11 is 0. The molecule has 0 aromatic heterocycles. The summed E-state index contributed by atoms with van der Waals surface area (Å²) < 4.78 is 0. The number of rotatable bonds is 24. The molecule has 1 aromatic rings. The van der Waals surface area contributed by atoms with Gasteiger partial charge >= 0.3 is 5.97 Å². The van der Waals surface area contributed by atoms with Gasteiger partial charge in [-0.3, -0.25) is 4.79 Å². The Hall–Kier alpha value is -1.08. The van der Waals surface area contributed by atoms with E-state index in [1.165, 1.54) is 134 Å². The molecule has 0 saturated carbocycles. The van der Waals surface area contributed by atoms with Crippen LogP contribution in [-0.2, 0) is 11.2 Å². The van der Waals surface area contributed by atoms with E-state index in [0.29, 0.717) is 5.75 Å². The molecule has 0 aliphatic carbocycles. The number of aliphatic carboxylic acids is 1. The third-order valence-corrected chi connectivity index (χ3v) is 12.9. The molecule has 214 valence electrons. The SMILES string of the molecule is CCCCCCCC[P+](CCCCCCCC)(CCCCCCCC)c1cc(CC(=O)O)cc(C)c1O. The Balaban J connectivity index is 3.19. The standard InChI is InChI=1S/C33H59O3P/c1-5-8-11-14-17-20-23-37(24-21-18-15-12-9-6-2,25-22-19-16-13-10-7-3)31-27-30(28-32(34)35)26-29(4)33(31)36/h26-27H,5-25,28H2,1-4H3,(H-,34,35,36)/p+1. The van der Waals surface area contributed by atoms with Gasteiger partial charge in [0.1, 0.15) is 5.30 Å². The van der Waals surface area contributed by atoms with Gasteiger partial charge in [0.05, 0.1) is 32.2 Å². The van der Waals surface area contributed by atoms with Gasteiger partial charge in [-0.05, 0) is 62.6 Å². The number of carbonyl (C=O) groups is 1.